The third-order valence-electron chi connectivity index (χ3n) is 5.10. The Hall–Kier alpha value is -3.84. The lowest BCUT2D eigenvalue weighted by molar-refractivity contribution is -0.128. The van der Waals surface area contributed by atoms with Crippen molar-refractivity contribution in [2.75, 3.05) is 19.1 Å². The van der Waals surface area contributed by atoms with Gasteiger partial charge < -0.3 is 34.6 Å². The molecule has 34 heavy (non-hydrogen) atoms. The molecule has 0 saturated carbocycles. The maximum atomic E-state index is 11.7. The Labute approximate surface area is 197 Å². The molecule has 4 aromatic rings. The summed E-state index contributed by atoms with van der Waals surface area (Å²) in [6.45, 7) is 2.43. The minimum Gasteiger partial charge on any atom is -0.454 e. The van der Waals surface area contributed by atoms with E-state index in [9.17, 15) is 9.90 Å². The van der Waals surface area contributed by atoms with Crippen molar-refractivity contribution in [3.8, 4) is 23.0 Å². The number of aromatic nitrogens is 5. The summed E-state index contributed by atoms with van der Waals surface area (Å²) in [7, 11) is 0. The molecule has 13 heteroatoms. The number of aryl methyl sites for hydroxylation is 1. The average molecular weight is 484 g/mol. The van der Waals surface area contributed by atoms with Gasteiger partial charge in [0.05, 0.1) is 11.8 Å². The van der Waals surface area contributed by atoms with Crippen LogP contribution in [0.3, 0.4) is 0 Å². The standard InChI is InChI=1S/C21H21N7O5S/c1-11(29)19(30)23-3-2-5-28-18-16(17(22)25-9-26-18)27-21(28)34-15-8-14-13(32-10-33-14)7-12(15)20-24-4-6-31-20/h4,6-9,11,29H,2-3,5,10H2,1H3,(H,23,30)(H2,22,25,26)/t11-/m0/s1. The van der Waals surface area contributed by atoms with Crippen LogP contribution in [0.15, 0.2) is 45.4 Å². The molecule has 0 unspecified atom stereocenters. The van der Waals surface area contributed by atoms with Crippen molar-refractivity contribution in [2.45, 2.75) is 36.0 Å². The Morgan fingerprint density at radius 2 is 2.12 bits per heavy atom. The van der Waals surface area contributed by atoms with Crippen molar-refractivity contribution >= 4 is 34.7 Å². The van der Waals surface area contributed by atoms with E-state index >= 15 is 0 Å². The molecular weight excluding hydrogens is 462 g/mol. The van der Waals surface area contributed by atoms with Gasteiger partial charge in [0.2, 0.25) is 18.6 Å². The highest BCUT2D eigenvalue weighted by atomic mass is 32.2. The van der Waals surface area contributed by atoms with Gasteiger partial charge in [0.1, 0.15) is 18.7 Å². The number of nitrogens with zero attached hydrogens (tertiary/aromatic N) is 5. The molecule has 0 aliphatic carbocycles. The van der Waals surface area contributed by atoms with Gasteiger partial charge in [0.15, 0.2) is 33.6 Å². The van der Waals surface area contributed by atoms with Crippen molar-refractivity contribution < 1.29 is 23.8 Å². The quantitative estimate of drug-likeness (QED) is 0.313. The highest BCUT2D eigenvalue weighted by molar-refractivity contribution is 7.99. The second kappa shape index (κ2) is 9.19. The molecule has 0 bridgehead atoms. The van der Waals surface area contributed by atoms with Crippen molar-refractivity contribution in [3.63, 3.8) is 0 Å². The minimum absolute atomic E-state index is 0.136. The van der Waals surface area contributed by atoms with E-state index in [4.69, 9.17) is 24.6 Å². The van der Waals surface area contributed by atoms with Crippen LogP contribution in [-0.4, -0.2) is 55.0 Å². The van der Waals surface area contributed by atoms with Gasteiger partial charge >= 0.3 is 0 Å². The Bertz CT molecular complexity index is 1340. The van der Waals surface area contributed by atoms with Crippen LogP contribution in [0, 0.1) is 0 Å². The SMILES string of the molecule is C[C@H](O)C(=O)NCCCn1c(Sc2cc3c(cc2-c2ncco2)OCO3)nc2c(N)ncnc21. The number of rotatable bonds is 8. The average Bonchev–Trinajstić information content (AvgIpc) is 3.57. The first-order valence-corrected chi connectivity index (χ1v) is 11.3. The van der Waals surface area contributed by atoms with Gasteiger partial charge in [-0.25, -0.2) is 19.9 Å². The molecule has 3 aromatic heterocycles. The maximum absolute atomic E-state index is 11.7. The topological polar surface area (TPSA) is 163 Å². The van der Waals surface area contributed by atoms with Crippen LogP contribution in [0.2, 0.25) is 0 Å². The number of carbonyl (C=O) groups is 1. The summed E-state index contributed by atoms with van der Waals surface area (Å²) >= 11 is 1.37. The molecule has 176 valence electrons. The second-order valence-electron chi connectivity index (χ2n) is 7.44. The number of aliphatic hydroxyl groups is 1. The number of benzene rings is 1. The first kappa shape index (κ1) is 22.0. The van der Waals surface area contributed by atoms with E-state index in [1.165, 1.54) is 31.3 Å². The lowest BCUT2D eigenvalue weighted by Crippen LogP contribution is -2.33. The number of nitrogen functional groups attached to an aromatic ring is 1. The normalized spacial score (nSPS) is 13.4. The Morgan fingerprint density at radius 3 is 2.88 bits per heavy atom. The molecule has 1 aromatic carbocycles. The summed E-state index contributed by atoms with van der Waals surface area (Å²) in [6, 6.07) is 3.68. The first-order chi connectivity index (χ1) is 16.5. The highest BCUT2D eigenvalue weighted by Crippen LogP contribution is 2.44. The number of oxazole rings is 1. The predicted molar refractivity (Wildman–Crippen MR) is 121 cm³/mol. The van der Waals surface area contributed by atoms with Crippen molar-refractivity contribution in [3.05, 3.63) is 30.9 Å². The van der Waals surface area contributed by atoms with Gasteiger partial charge in [-0.05, 0) is 25.5 Å². The Balaban J connectivity index is 1.49. The molecule has 1 aliphatic rings. The van der Waals surface area contributed by atoms with Gasteiger partial charge in [-0.3, -0.25) is 4.79 Å². The zero-order valence-electron chi connectivity index (χ0n) is 18.1. The molecule has 4 N–H and O–H groups in total. The van der Waals surface area contributed by atoms with Gasteiger partial charge in [-0.2, -0.15) is 0 Å². The summed E-state index contributed by atoms with van der Waals surface area (Å²) in [5, 5.41) is 12.7. The number of nitrogens with two attached hydrogens (primary N) is 1. The van der Waals surface area contributed by atoms with Crippen LogP contribution < -0.4 is 20.5 Å². The number of nitrogens with one attached hydrogen (secondary N) is 1. The van der Waals surface area contributed by atoms with E-state index in [0.29, 0.717) is 53.2 Å². The lowest BCUT2D eigenvalue weighted by Gasteiger charge is -2.11. The molecule has 0 saturated heterocycles. The summed E-state index contributed by atoms with van der Waals surface area (Å²) in [6.07, 6.45) is 3.98. The van der Waals surface area contributed by atoms with Crippen molar-refractivity contribution in [1.82, 2.24) is 29.8 Å². The van der Waals surface area contributed by atoms with E-state index in [-0.39, 0.29) is 12.6 Å². The van der Waals surface area contributed by atoms with Crippen LogP contribution in [0.1, 0.15) is 13.3 Å². The number of imidazole rings is 1. The number of ether oxygens (including phenoxy) is 2. The molecule has 0 radical (unpaired) electrons. The number of anilines is 1. The summed E-state index contributed by atoms with van der Waals surface area (Å²) in [5.41, 5.74) is 7.84. The fraction of sp³-hybridized carbons (Fsp3) is 0.286. The van der Waals surface area contributed by atoms with Crippen LogP contribution >= 0.6 is 11.8 Å². The fourth-order valence-electron chi connectivity index (χ4n) is 3.44. The molecule has 12 nitrogen and oxygen atoms in total. The monoisotopic (exact) mass is 483 g/mol. The molecule has 0 spiro atoms. The molecule has 1 amide bonds. The first-order valence-electron chi connectivity index (χ1n) is 10.4. The Kier molecular flexibility index (Phi) is 5.94. The van der Waals surface area contributed by atoms with Gasteiger partial charge in [0.25, 0.3) is 0 Å². The summed E-state index contributed by atoms with van der Waals surface area (Å²) in [5.74, 6) is 1.50. The molecular formula is C21H21N7O5S. The van der Waals surface area contributed by atoms with E-state index in [1.54, 1.807) is 6.20 Å². The van der Waals surface area contributed by atoms with Crippen LogP contribution in [0.25, 0.3) is 22.6 Å². The number of amides is 1. The van der Waals surface area contributed by atoms with Crippen LogP contribution in [-0.2, 0) is 11.3 Å². The van der Waals surface area contributed by atoms with E-state index < -0.39 is 12.0 Å². The van der Waals surface area contributed by atoms with Gasteiger partial charge in [0, 0.05) is 18.0 Å². The van der Waals surface area contributed by atoms with Gasteiger partial charge in [-0.15, -0.1) is 0 Å². The number of carbonyl (C=O) groups excluding carboxylic acids is 1. The smallest absolute Gasteiger partial charge is 0.248 e. The molecule has 1 atom stereocenters. The van der Waals surface area contributed by atoms with Crippen LogP contribution in [0.4, 0.5) is 5.82 Å². The fourth-order valence-corrected chi connectivity index (χ4v) is 4.48. The highest BCUT2D eigenvalue weighted by Gasteiger charge is 2.23. The number of hydrogen-bond donors (Lipinski definition) is 3. The number of fused-ring (bicyclic) bond motifs is 2. The van der Waals surface area contributed by atoms with E-state index in [2.05, 4.69) is 20.3 Å². The predicted octanol–water partition coefficient (Wildman–Crippen LogP) is 1.83. The zero-order chi connectivity index (χ0) is 23.7. The molecule has 1 aliphatic heterocycles. The summed E-state index contributed by atoms with van der Waals surface area (Å²) in [4.78, 5) is 29.8. The largest absolute Gasteiger partial charge is 0.454 e. The number of aliphatic hydroxyl groups excluding tert-OH is 1. The van der Waals surface area contributed by atoms with Crippen molar-refractivity contribution in [1.29, 1.82) is 0 Å². The number of hydrogen-bond acceptors (Lipinski definition) is 11. The minimum atomic E-state index is -1.06. The van der Waals surface area contributed by atoms with Crippen molar-refractivity contribution in [2.24, 2.45) is 0 Å². The summed E-state index contributed by atoms with van der Waals surface area (Å²) < 4.78 is 18.5. The van der Waals surface area contributed by atoms with Gasteiger partial charge in [-0.1, -0.05) is 11.8 Å². The zero-order valence-corrected chi connectivity index (χ0v) is 18.9. The van der Waals surface area contributed by atoms with Crippen LogP contribution in [0.5, 0.6) is 11.5 Å². The second-order valence-corrected chi connectivity index (χ2v) is 8.45. The Morgan fingerprint density at radius 1 is 1.29 bits per heavy atom. The molecule has 0 fully saturated rings. The molecule has 5 rings (SSSR count). The third-order valence-corrected chi connectivity index (χ3v) is 6.15. The van der Waals surface area contributed by atoms with E-state index in [0.717, 1.165) is 10.5 Å². The van der Waals surface area contributed by atoms with E-state index in [1.807, 2.05) is 16.7 Å². The maximum Gasteiger partial charge on any atom is 0.248 e. The third kappa shape index (κ3) is 4.22. The lowest BCUT2D eigenvalue weighted by atomic mass is 10.2. The molecule has 4 heterocycles.